The summed E-state index contributed by atoms with van der Waals surface area (Å²) in [7, 11) is 0. The molecule has 3 aromatic carbocycles. The Hall–Kier alpha value is -2.65. The number of nitrogens with one attached hydrogen (secondary N) is 1. The van der Waals surface area contributed by atoms with Crippen LogP contribution in [-0.4, -0.2) is 25.3 Å². The molecule has 0 fully saturated rings. The van der Waals surface area contributed by atoms with Gasteiger partial charge in [0.05, 0.1) is 0 Å². The third kappa shape index (κ3) is 4.51. The third-order valence-electron chi connectivity index (χ3n) is 4.60. The van der Waals surface area contributed by atoms with Gasteiger partial charge in [-0.15, -0.1) is 0 Å². The molecule has 5 heteroatoms. The fraction of sp³-hybridized carbons (Fsp3) is 0.0833. The first-order valence-corrected chi connectivity index (χ1v) is 11.5. The fourth-order valence-electron chi connectivity index (χ4n) is 3.00. The summed E-state index contributed by atoms with van der Waals surface area (Å²) in [6.07, 6.45) is 1.00. The third-order valence-corrected chi connectivity index (χ3v) is 6.89. The molecule has 4 rings (SSSR count). The molecule has 0 unspecified atom stereocenters. The number of benzene rings is 3. The molecule has 1 N–H and O–H groups in total. The number of anilines is 2. The van der Waals surface area contributed by atoms with E-state index >= 15 is 0 Å². The molecule has 0 radical (unpaired) electrons. The van der Waals surface area contributed by atoms with Gasteiger partial charge in [-0.2, -0.15) is 0 Å². The van der Waals surface area contributed by atoms with Gasteiger partial charge < -0.3 is 0 Å². The molecule has 0 aliphatic rings. The van der Waals surface area contributed by atoms with Crippen molar-refractivity contribution in [1.82, 2.24) is 4.98 Å². The van der Waals surface area contributed by atoms with E-state index in [9.17, 15) is 4.79 Å². The standard InChI is InChI=1S/C24H19ClN2OSe/c1-2-16-8-14-20(15-9-16)26-24-27-21(17-6-4-3-5-7-17)23(29-24)22(28)18-10-12-19(25)13-11-18/h3-15H,2H2,1H3,(H,26,27). The van der Waals surface area contributed by atoms with Crippen molar-refractivity contribution in [3.63, 3.8) is 0 Å². The monoisotopic (exact) mass is 466 g/mol. The van der Waals surface area contributed by atoms with E-state index in [2.05, 4.69) is 36.5 Å². The van der Waals surface area contributed by atoms with Gasteiger partial charge in [0.25, 0.3) is 0 Å². The van der Waals surface area contributed by atoms with Crippen molar-refractivity contribution in [2.45, 2.75) is 13.3 Å². The Morgan fingerprint density at radius 1 is 0.966 bits per heavy atom. The number of aromatic nitrogens is 1. The molecule has 0 spiro atoms. The predicted octanol–water partition coefficient (Wildman–Crippen LogP) is 6.00. The molecule has 144 valence electrons. The summed E-state index contributed by atoms with van der Waals surface area (Å²) >= 11 is 5.77. The second-order valence-corrected chi connectivity index (χ2v) is 9.11. The Morgan fingerprint density at radius 2 is 1.66 bits per heavy atom. The van der Waals surface area contributed by atoms with Crippen LogP contribution in [0.3, 0.4) is 0 Å². The first-order chi connectivity index (χ1) is 14.1. The van der Waals surface area contributed by atoms with Crippen LogP contribution >= 0.6 is 11.6 Å². The van der Waals surface area contributed by atoms with E-state index in [-0.39, 0.29) is 20.3 Å². The second-order valence-electron chi connectivity index (χ2n) is 6.57. The van der Waals surface area contributed by atoms with Crippen molar-refractivity contribution in [2.75, 3.05) is 5.32 Å². The van der Waals surface area contributed by atoms with Crippen molar-refractivity contribution < 1.29 is 4.79 Å². The average molecular weight is 466 g/mol. The van der Waals surface area contributed by atoms with Crippen LogP contribution < -0.4 is 5.32 Å². The Labute approximate surface area is 181 Å². The summed E-state index contributed by atoms with van der Waals surface area (Å²) < 4.78 is 1.58. The van der Waals surface area contributed by atoms with Crippen molar-refractivity contribution in [2.24, 2.45) is 0 Å². The van der Waals surface area contributed by atoms with Gasteiger partial charge in [-0.05, 0) is 0 Å². The fourth-order valence-corrected chi connectivity index (χ4v) is 5.16. The van der Waals surface area contributed by atoms with E-state index < -0.39 is 0 Å². The van der Waals surface area contributed by atoms with Crippen LogP contribution in [0.4, 0.5) is 10.4 Å². The molecule has 0 atom stereocenters. The van der Waals surface area contributed by atoms with E-state index in [1.807, 2.05) is 30.3 Å². The molecule has 0 saturated carbocycles. The van der Waals surface area contributed by atoms with Gasteiger partial charge in [-0.3, -0.25) is 0 Å². The number of nitrogens with zero attached hydrogens (tertiary/aromatic N) is 1. The molecule has 1 aromatic heterocycles. The maximum absolute atomic E-state index is 13.2. The van der Waals surface area contributed by atoms with Gasteiger partial charge in [0, 0.05) is 0 Å². The molecule has 0 aliphatic carbocycles. The number of carbonyl (C=O) groups excluding carboxylic acids is 1. The summed E-state index contributed by atoms with van der Waals surface area (Å²) in [5.74, 6) is 0.00222. The van der Waals surface area contributed by atoms with Gasteiger partial charge in [-0.1, -0.05) is 0 Å². The Kier molecular flexibility index (Phi) is 5.96. The molecule has 4 aromatic rings. The molecule has 29 heavy (non-hydrogen) atoms. The zero-order chi connectivity index (χ0) is 20.2. The Balaban J connectivity index is 1.72. The van der Waals surface area contributed by atoms with E-state index in [1.165, 1.54) is 5.56 Å². The molecule has 0 amide bonds. The summed E-state index contributed by atoms with van der Waals surface area (Å²) in [5.41, 5.74) is 4.60. The van der Waals surface area contributed by atoms with E-state index in [0.29, 0.717) is 10.6 Å². The second kappa shape index (κ2) is 8.79. The number of carbonyl (C=O) groups is 1. The molecule has 1 heterocycles. The zero-order valence-electron chi connectivity index (χ0n) is 15.9. The van der Waals surface area contributed by atoms with Gasteiger partial charge >= 0.3 is 181 Å². The van der Waals surface area contributed by atoms with Crippen molar-refractivity contribution in [1.29, 1.82) is 0 Å². The van der Waals surface area contributed by atoms with Crippen molar-refractivity contribution in [3.8, 4) is 11.3 Å². The molecule has 0 aliphatic heterocycles. The van der Waals surface area contributed by atoms with Crippen LogP contribution in [-0.2, 0) is 6.42 Å². The van der Waals surface area contributed by atoms with Crippen LogP contribution in [0.5, 0.6) is 0 Å². The summed E-state index contributed by atoms with van der Waals surface area (Å²) in [6.45, 7) is 2.14. The van der Waals surface area contributed by atoms with E-state index in [4.69, 9.17) is 16.6 Å². The van der Waals surface area contributed by atoms with Crippen LogP contribution in [0.1, 0.15) is 27.3 Å². The van der Waals surface area contributed by atoms with Crippen molar-refractivity contribution >= 4 is 42.3 Å². The molecule has 0 bridgehead atoms. The van der Waals surface area contributed by atoms with Crippen LogP contribution in [0.15, 0.2) is 78.9 Å². The van der Waals surface area contributed by atoms with Gasteiger partial charge in [0.15, 0.2) is 0 Å². The molecular weight excluding hydrogens is 447 g/mol. The SMILES string of the molecule is CCc1ccc(Nc2nc(-c3ccccc3)c(C(=O)c3ccc(Cl)cc3)[se]2)cc1. The molecule has 3 nitrogen and oxygen atoms in total. The number of aryl methyl sites for hydroxylation is 1. The van der Waals surface area contributed by atoms with Crippen molar-refractivity contribution in [3.05, 3.63) is 99.4 Å². The van der Waals surface area contributed by atoms with Gasteiger partial charge in [0.2, 0.25) is 0 Å². The minimum absolute atomic E-state index is 0.00222. The van der Waals surface area contributed by atoms with Crippen LogP contribution in [0, 0.1) is 0 Å². The summed E-state index contributed by atoms with van der Waals surface area (Å²) in [5, 5.41) is 4.02. The summed E-state index contributed by atoms with van der Waals surface area (Å²) in [4.78, 5) is 18.0. The number of hydrogen-bond acceptors (Lipinski definition) is 3. The molecule has 0 saturated heterocycles. The first kappa shape index (κ1) is 19.7. The zero-order valence-corrected chi connectivity index (χ0v) is 18.3. The van der Waals surface area contributed by atoms with E-state index in [0.717, 1.165) is 32.5 Å². The Morgan fingerprint density at radius 3 is 2.31 bits per heavy atom. The summed E-state index contributed by atoms with van der Waals surface area (Å²) in [6, 6.07) is 25.2. The minimum atomic E-state index is -0.217. The van der Waals surface area contributed by atoms with Gasteiger partial charge in [0.1, 0.15) is 0 Å². The number of halogens is 1. The predicted molar refractivity (Wildman–Crippen MR) is 121 cm³/mol. The normalized spacial score (nSPS) is 10.7. The number of hydrogen-bond donors (Lipinski definition) is 1. The van der Waals surface area contributed by atoms with Crippen LogP contribution in [0.25, 0.3) is 11.3 Å². The topological polar surface area (TPSA) is 42.0 Å². The Bertz CT molecular complexity index is 1120. The van der Waals surface area contributed by atoms with E-state index in [1.54, 1.807) is 24.3 Å². The first-order valence-electron chi connectivity index (χ1n) is 9.36. The maximum atomic E-state index is 13.2. The number of ketones is 1. The van der Waals surface area contributed by atoms with Gasteiger partial charge in [-0.25, -0.2) is 0 Å². The average Bonchev–Trinajstić information content (AvgIpc) is 3.19. The van der Waals surface area contributed by atoms with Crippen LogP contribution in [0.2, 0.25) is 5.02 Å². The molecular formula is C24H19ClN2OSe. The quantitative estimate of drug-likeness (QED) is 0.281. The number of rotatable bonds is 6.